The molecular formula is C29H63F3N4O3S. The molecule has 0 aromatic heterocycles. The van der Waals surface area contributed by atoms with Gasteiger partial charge in [-0.2, -0.15) is 13.2 Å². The Balaban J connectivity index is 0. The molecule has 2 heterocycles. The standard InChI is InChI=1S/C8H14F3NO.C8H17NO2S.C7H17N.C6H15N/c1-6(2)12-3-4-13-5-7(12)8(9,10)11;1-7(2)9-4-5-12(10,11)8(3)6-9;1-5-7(4)8-6(2)3;1-5(2)7-6(3)4/h6-7H,3-5H2,1-2H3;7-8H,4-6H2,1-3H3;6-8H,5H2,1-4H3;5-7H,1-4H3/t7-;8-;7-;/m100./s1. The van der Waals surface area contributed by atoms with Crippen molar-refractivity contribution in [2.45, 2.75) is 150 Å². The Kier molecular flexibility index (Phi) is 21.3. The molecule has 7 nitrogen and oxygen atoms in total. The first-order valence-corrected chi connectivity index (χ1v) is 16.7. The maximum atomic E-state index is 12.4. The fraction of sp³-hybridized carbons (Fsp3) is 1.00. The maximum Gasteiger partial charge on any atom is 0.406 e. The minimum absolute atomic E-state index is 0.0875. The van der Waals surface area contributed by atoms with Crippen molar-refractivity contribution < 1.29 is 26.3 Å². The van der Waals surface area contributed by atoms with Gasteiger partial charge in [-0.05, 0) is 48.0 Å². The van der Waals surface area contributed by atoms with Gasteiger partial charge in [0.25, 0.3) is 0 Å². The van der Waals surface area contributed by atoms with Crippen LogP contribution in [0.2, 0.25) is 0 Å². The molecule has 2 aliphatic rings. The molecule has 0 amide bonds. The van der Waals surface area contributed by atoms with Crippen molar-refractivity contribution in [1.82, 2.24) is 20.4 Å². The highest BCUT2D eigenvalue weighted by Crippen LogP contribution is 2.28. The summed E-state index contributed by atoms with van der Waals surface area (Å²) in [5, 5.41) is 6.51. The molecule has 0 unspecified atom stereocenters. The van der Waals surface area contributed by atoms with Gasteiger partial charge in [-0.15, -0.1) is 0 Å². The average Bonchev–Trinajstić information content (AvgIpc) is 2.80. The molecule has 244 valence electrons. The Bertz CT molecular complexity index is 727. The topological polar surface area (TPSA) is 73.9 Å². The zero-order valence-corrected chi connectivity index (χ0v) is 28.5. The number of hydrogen-bond donors (Lipinski definition) is 2. The summed E-state index contributed by atoms with van der Waals surface area (Å²) >= 11 is 0. The monoisotopic (exact) mass is 604 g/mol. The van der Waals surface area contributed by atoms with Gasteiger partial charge in [-0.25, -0.2) is 8.42 Å². The first-order valence-electron chi connectivity index (χ1n) is 15.0. The molecule has 40 heavy (non-hydrogen) atoms. The fourth-order valence-corrected chi connectivity index (χ4v) is 5.63. The number of hydrogen-bond acceptors (Lipinski definition) is 7. The van der Waals surface area contributed by atoms with Gasteiger partial charge in [0.2, 0.25) is 0 Å². The Labute approximate surface area is 245 Å². The van der Waals surface area contributed by atoms with Crippen LogP contribution >= 0.6 is 0 Å². The van der Waals surface area contributed by atoms with Crippen LogP contribution in [0.5, 0.6) is 0 Å². The smallest absolute Gasteiger partial charge is 0.378 e. The molecule has 0 spiro atoms. The van der Waals surface area contributed by atoms with E-state index in [2.05, 4.69) is 84.8 Å². The van der Waals surface area contributed by atoms with E-state index in [1.54, 1.807) is 20.8 Å². The van der Waals surface area contributed by atoms with Gasteiger partial charge in [-0.1, -0.05) is 48.5 Å². The summed E-state index contributed by atoms with van der Waals surface area (Å²) in [6.45, 7) is 28.8. The third-order valence-corrected chi connectivity index (χ3v) is 8.73. The summed E-state index contributed by atoms with van der Waals surface area (Å²) in [6, 6.07) is 1.50. The first kappa shape index (κ1) is 41.7. The second-order valence-electron chi connectivity index (χ2n) is 12.3. The minimum Gasteiger partial charge on any atom is -0.378 e. The quantitative estimate of drug-likeness (QED) is 0.406. The van der Waals surface area contributed by atoms with Crippen molar-refractivity contribution in [3.8, 4) is 0 Å². The van der Waals surface area contributed by atoms with Crippen molar-refractivity contribution in [2.24, 2.45) is 0 Å². The summed E-state index contributed by atoms with van der Waals surface area (Å²) in [4.78, 5) is 3.65. The van der Waals surface area contributed by atoms with Crippen molar-refractivity contribution in [1.29, 1.82) is 0 Å². The number of rotatable bonds is 7. The summed E-state index contributed by atoms with van der Waals surface area (Å²) in [5.41, 5.74) is 0. The van der Waals surface area contributed by atoms with E-state index in [-0.39, 0.29) is 17.9 Å². The van der Waals surface area contributed by atoms with E-state index in [9.17, 15) is 21.6 Å². The number of nitrogens with one attached hydrogen (secondary N) is 2. The van der Waals surface area contributed by atoms with E-state index >= 15 is 0 Å². The minimum atomic E-state index is -4.18. The SMILES string of the molecule is CC(C)N1CCOC[C@@H]1C(F)(F)F.CC(C)N1CCS(=O)(=O)[C@@H](C)C1.CC(C)NC(C)C.CC[C@H](C)NC(C)C. The number of ether oxygens (including phenoxy) is 1. The van der Waals surface area contributed by atoms with Gasteiger partial charge in [0.05, 0.1) is 24.2 Å². The van der Waals surface area contributed by atoms with Gasteiger partial charge in [0.15, 0.2) is 9.84 Å². The van der Waals surface area contributed by atoms with Crippen molar-refractivity contribution in [2.75, 3.05) is 38.6 Å². The first-order chi connectivity index (χ1) is 18.1. The molecule has 2 saturated heterocycles. The summed E-state index contributed by atoms with van der Waals surface area (Å²) in [5.74, 6) is 0.326. The molecule has 3 atom stereocenters. The van der Waals surface area contributed by atoms with Crippen molar-refractivity contribution in [3.05, 3.63) is 0 Å². The molecule has 11 heteroatoms. The molecular weight excluding hydrogens is 541 g/mol. The van der Waals surface area contributed by atoms with Crippen LogP contribution in [0.3, 0.4) is 0 Å². The predicted molar refractivity (Wildman–Crippen MR) is 164 cm³/mol. The molecule has 0 radical (unpaired) electrons. The Morgan fingerprint density at radius 1 is 0.850 bits per heavy atom. The summed E-state index contributed by atoms with van der Waals surface area (Å²) in [7, 11) is -2.77. The third-order valence-electron chi connectivity index (χ3n) is 6.61. The largest absolute Gasteiger partial charge is 0.406 e. The van der Waals surface area contributed by atoms with Gasteiger partial charge in [0, 0.05) is 55.9 Å². The number of morpholine rings is 1. The second kappa shape index (κ2) is 20.4. The van der Waals surface area contributed by atoms with E-state index in [0.717, 1.165) is 0 Å². The average molecular weight is 605 g/mol. The highest BCUT2D eigenvalue weighted by atomic mass is 32.2. The van der Waals surface area contributed by atoms with Crippen LogP contribution in [0.25, 0.3) is 0 Å². The highest BCUT2D eigenvalue weighted by molar-refractivity contribution is 7.92. The van der Waals surface area contributed by atoms with Crippen LogP contribution in [0, 0.1) is 0 Å². The maximum absolute atomic E-state index is 12.4. The van der Waals surface area contributed by atoms with Crippen LogP contribution in [0.4, 0.5) is 13.2 Å². The van der Waals surface area contributed by atoms with E-state index in [1.165, 1.54) is 11.3 Å². The van der Waals surface area contributed by atoms with Gasteiger partial charge >= 0.3 is 6.18 Å². The van der Waals surface area contributed by atoms with Crippen LogP contribution < -0.4 is 10.6 Å². The molecule has 2 rings (SSSR count). The molecule has 2 N–H and O–H groups in total. The molecule has 2 aliphatic heterocycles. The van der Waals surface area contributed by atoms with Crippen LogP contribution in [0.15, 0.2) is 0 Å². The molecule has 2 fully saturated rings. The second-order valence-corrected chi connectivity index (χ2v) is 14.9. The molecule has 0 aromatic carbocycles. The van der Waals surface area contributed by atoms with E-state index in [0.29, 0.717) is 62.2 Å². The number of nitrogens with zero attached hydrogens (tertiary/aromatic N) is 2. The van der Waals surface area contributed by atoms with Crippen LogP contribution in [-0.2, 0) is 14.6 Å². The molecule has 0 saturated carbocycles. The van der Waals surface area contributed by atoms with E-state index in [4.69, 9.17) is 4.74 Å². The number of sulfone groups is 1. The lowest BCUT2D eigenvalue weighted by Gasteiger charge is -2.39. The van der Waals surface area contributed by atoms with E-state index < -0.39 is 22.1 Å². The molecule has 0 aliphatic carbocycles. The lowest BCUT2D eigenvalue weighted by Crippen LogP contribution is -2.55. The normalized spacial score (nSPS) is 22.8. The van der Waals surface area contributed by atoms with Crippen LogP contribution in [-0.4, -0.2) is 111 Å². The van der Waals surface area contributed by atoms with Crippen molar-refractivity contribution in [3.63, 3.8) is 0 Å². The van der Waals surface area contributed by atoms with Gasteiger partial charge in [0.1, 0.15) is 6.04 Å². The summed E-state index contributed by atoms with van der Waals surface area (Å²) < 4.78 is 64.8. The molecule has 0 bridgehead atoms. The Hall–Kier alpha value is -0.460. The van der Waals surface area contributed by atoms with Gasteiger partial charge in [-0.3, -0.25) is 9.80 Å². The van der Waals surface area contributed by atoms with Crippen molar-refractivity contribution >= 4 is 9.84 Å². The molecule has 0 aromatic rings. The third kappa shape index (κ3) is 19.6. The zero-order chi connectivity index (χ0) is 31.8. The Morgan fingerprint density at radius 3 is 1.62 bits per heavy atom. The lowest BCUT2D eigenvalue weighted by molar-refractivity contribution is -0.216. The van der Waals surface area contributed by atoms with Crippen LogP contribution in [0.1, 0.15) is 96.4 Å². The fourth-order valence-electron chi connectivity index (χ4n) is 4.32. The summed E-state index contributed by atoms with van der Waals surface area (Å²) in [6.07, 6.45) is -2.96. The predicted octanol–water partition coefficient (Wildman–Crippen LogP) is 5.35. The zero-order valence-electron chi connectivity index (χ0n) is 27.7. The lowest BCUT2D eigenvalue weighted by atomic mass is 10.1. The van der Waals surface area contributed by atoms with Gasteiger partial charge < -0.3 is 15.4 Å². The van der Waals surface area contributed by atoms with E-state index in [1.807, 2.05) is 0 Å². The number of halogens is 3. The number of alkyl halides is 3. The Morgan fingerprint density at radius 2 is 1.35 bits per heavy atom. The highest BCUT2D eigenvalue weighted by Gasteiger charge is 2.45.